The largest absolute Gasteiger partial charge is 0.309 e. The summed E-state index contributed by atoms with van der Waals surface area (Å²) in [5.41, 5.74) is 11.0. The van der Waals surface area contributed by atoms with E-state index in [9.17, 15) is 0 Å². The summed E-state index contributed by atoms with van der Waals surface area (Å²) >= 11 is 0. The maximum Gasteiger partial charge on any atom is 0.0620 e. The van der Waals surface area contributed by atoms with Crippen molar-refractivity contribution in [1.82, 2.24) is 4.57 Å². The molecule has 0 aliphatic heterocycles. The lowest BCUT2D eigenvalue weighted by Crippen LogP contribution is -1.94. The Balaban J connectivity index is 1.36. The maximum absolute atomic E-state index is 2.49. The molecule has 10 aromatic rings. The fraction of sp³-hybridized carbons (Fsp3) is 0. The normalized spacial score (nSPS) is 11.8. The number of nitrogens with zero attached hydrogens (tertiary/aromatic N) is 1. The van der Waals surface area contributed by atoms with E-state index in [4.69, 9.17) is 0 Å². The number of hydrogen-bond acceptors (Lipinski definition) is 0. The number of aromatic nitrogens is 1. The van der Waals surface area contributed by atoms with Gasteiger partial charge in [0.05, 0.1) is 11.0 Å². The molecule has 1 heteroatoms. The highest BCUT2D eigenvalue weighted by atomic mass is 15.0. The topological polar surface area (TPSA) is 4.93 Å². The van der Waals surface area contributed by atoms with Crippen LogP contribution in [0.15, 0.2) is 176 Å². The fourth-order valence-corrected chi connectivity index (χ4v) is 7.82. The molecular formula is C46H29N. The predicted octanol–water partition coefficient (Wildman–Crippen LogP) is 12.7. The number of benzene rings is 9. The molecule has 0 fully saturated rings. The molecule has 0 amide bonds. The summed E-state index contributed by atoms with van der Waals surface area (Å²) in [6.07, 6.45) is 0. The van der Waals surface area contributed by atoms with Gasteiger partial charge in [0.25, 0.3) is 0 Å². The molecule has 0 aliphatic carbocycles. The van der Waals surface area contributed by atoms with Crippen molar-refractivity contribution in [3.8, 4) is 39.1 Å². The van der Waals surface area contributed by atoms with E-state index in [0.717, 1.165) is 0 Å². The van der Waals surface area contributed by atoms with Gasteiger partial charge in [0, 0.05) is 21.8 Å². The minimum absolute atomic E-state index is 1.17. The van der Waals surface area contributed by atoms with Gasteiger partial charge in [-0.1, -0.05) is 133 Å². The summed E-state index contributed by atoms with van der Waals surface area (Å²) in [6.45, 7) is 0. The molecule has 9 aromatic carbocycles. The molecule has 0 spiro atoms. The summed E-state index contributed by atoms with van der Waals surface area (Å²) < 4.78 is 2.49. The zero-order chi connectivity index (χ0) is 30.9. The molecule has 1 heterocycles. The molecule has 0 radical (unpaired) electrons. The van der Waals surface area contributed by atoms with Crippen LogP contribution < -0.4 is 0 Å². The molecule has 0 saturated carbocycles. The van der Waals surface area contributed by atoms with Gasteiger partial charge in [-0.3, -0.25) is 0 Å². The highest BCUT2D eigenvalue weighted by Crippen LogP contribution is 2.46. The Kier molecular flexibility index (Phi) is 5.64. The van der Waals surface area contributed by atoms with Crippen molar-refractivity contribution in [3.63, 3.8) is 0 Å². The molecule has 1 aromatic heterocycles. The second-order valence-electron chi connectivity index (χ2n) is 12.5. The molecule has 0 saturated heterocycles. The van der Waals surface area contributed by atoms with Crippen molar-refractivity contribution in [2.45, 2.75) is 0 Å². The van der Waals surface area contributed by atoms with Crippen molar-refractivity contribution < 1.29 is 0 Å². The third-order valence-electron chi connectivity index (χ3n) is 9.87. The van der Waals surface area contributed by atoms with Crippen LogP contribution in [-0.4, -0.2) is 4.57 Å². The molecule has 0 bridgehead atoms. The van der Waals surface area contributed by atoms with Crippen LogP contribution in [0.1, 0.15) is 0 Å². The average molecular weight is 596 g/mol. The van der Waals surface area contributed by atoms with E-state index in [-0.39, 0.29) is 0 Å². The van der Waals surface area contributed by atoms with Crippen molar-refractivity contribution in [2.24, 2.45) is 0 Å². The molecular weight excluding hydrogens is 567 g/mol. The van der Waals surface area contributed by atoms with Crippen molar-refractivity contribution in [3.05, 3.63) is 176 Å². The third-order valence-corrected chi connectivity index (χ3v) is 9.87. The summed E-state index contributed by atoms with van der Waals surface area (Å²) in [5.74, 6) is 0. The summed E-state index contributed by atoms with van der Waals surface area (Å²) in [6, 6.07) is 64.5. The molecule has 0 atom stereocenters. The van der Waals surface area contributed by atoms with Gasteiger partial charge in [-0.15, -0.1) is 0 Å². The highest BCUT2D eigenvalue weighted by molar-refractivity contribution is 6.32. The van der Waals surface area contributed by atoms with Crippen LogP contribution in [0.3, 0.4) is 0 Å². The van der Waals surface area contributed by atoms with Crippen LogP contribution in [0.25, 0.3) is 93.2 Å². The van der Waals surface area contributed by atoms with E-state index in [2.05, 4.69) is 180 Å². The Bertz CT molecular complexity index is 2680. The first-order valence-corrected chi connectivity index (χ1v) is 16.3. The van der Waals surface area contributed by atoms with Crippen LogP contribution >= 0.6 is 0 Å². The molecule has 0 unspecified atom stereocenters. The van der Waals surface area contributed by atoms with Gasteiger partial charge < -0.3 is 4.57 Å². The Morgan fingerprint density at radius 1 is 0.319 bits per heavy atom. The molecule has 0 aliphatic rings. The zero-order valence-electron chi connectivity index (χ0n) is 25.7. The zero-order valence-corrected chi connectivity index (χ0v) is 25.7. The van der Waals surface area contributed by atoms with Crippen LogP contribution in [-0.2, 0) is 0 Å². The lowest BCUT2D eigenvalue weighted by Gasteiger charge is -2.14. The predicted molar refractivity (Wildman–Crippen MR) is 201 cm³/mol. The van der Waals surface area contributed by atoms with Gasteiger partial charge in [0.1, 0.15) is 0 Å². The summed E-state index contributed by atoms with van der Waals surface area (Å²) in [7, 11) is 0. The fourth-order valence-electron chi connectivity index (χ4n) is 7.82. The van der Waals surface area contributed by atoms with E-state index >= 15 is 0 Å². The van der Waals surface area contributed by atoms with Gasteiger partial charge in [-0.2, -0.15) is 0 Å². The lowest BCUT2D eigenvalue weighted by molar-refractivity contribution is 1.19. The van der Waals surface area contributed by atoms with Gasteiger partial charge in [0.2, 0.25) is 0 Å². The number of hydrogen-bond donors (Lipinski definition) is 0. The average Bonchev–Trinajstić information content (AvgIpc) is 3.49. The van der Waals surface area contributed by atoms with E-state index in [1.807, 2.05) is 0 Å². The number of para-hydroxylation sites is 1. The van der Waals surface area contributed by atoms with Crippen molar-refractivity contribution in [1.29, 1.82) is 0 Å². The van der Waals surface area contributed by atoms with Crippen molar-refractivity contribution >= 4 is 54.1 Å². The number of rotatable bonds is 4. The standard InChI is InChI=1S/C46H29N/c1-4-12-30(13-5-1)35-26-36(31-14-6-2-7-15-31)28-37(27-35)39-20-11-21-42-45(39)41-29-34-23-22-32-16-10-17-33-24-25-40(44(34)43(32)33)46(41)47(42)38-18-8-3-9-19-38/h1-29H. The minimum Gasteiger partial charge on any atom is -0.309 e. The second-order valence-corrected chi connectivity index (χ2v) is 12.5. The van der Waals surface area contributed by atoms with E-state index < -0.39 is 0 Å². The Labute approximate surface area is 272 Å². The lowest BCUT2D eigenvalue weighted by atomic mass is 9.90. The summed E-state index contributed by atoms with van der Waals surface area (Å²) in [5, 5.41) is 10.4. The van der Waals surface area contributed by atoms with Gasteiger partial charge in [-0.05, 0) is 103 Å². The van der Waals surface area contributed by atoms with Crippen LogP contribution in [0.5, 0.6) is 0 Å². The molecule has 47 heavy (non-hydrogen) atoms. The second kappa shape index (κ2) is 10.2. The van der Waals surface area contributed by atoms with Crippen LogP contribution in [0.2, 0.25) is 0 Å². The smallest absolute Gasteiger partial charge is 0.0620 e. The Morgan fingerprint density at radius 3 is 1.57 bits per heavy atom. The Morgan fingerprint density at radius 2 is 0.894 bits per heavy atom. The first-order chi connectivity index (χ1) is 23.3. The first-order valence-electron chi connectivity index (χ1n) is 16.3. The quantitative estimate of drug-likeness (QED) is 0.178. The monoisotopic (exact) mass is 595 g/mol. The van der Waals surface area contributed by atoms with Gasteiger partial charge >= 0.3 is 0 Å². The third kappa shape index (κ3) is 3.97. The van der Waals surface area contributed by atoms with E-state index in [1.54, 1.807) is 0 Å². The Hall–Kier alpha value is -6.18. The van der Waals surface area contributed by atoms with Crippen LogP contribution in [0, 0.1) is 0 Å². The minimum atomic E-state index is 1.17. The summed E-state index contributed by atoms with van der Waals surface area (Å²) in [4.78, 5) is 0. The molecule has 0 N–H and O–H groups in total. The molecule has 10 rings (SSSR count). The SMILES string of the molecule is c1ccc(-c2cc(-c3ccccc3)cc(-c3cccc4c3c3cc5ccc6cccc7ccc(c5c67)c3n4-c3ccccc3)c2)cc1. The van der Waals surface area contributed by atoms with Crippen molar-refractivity contribution in [2.75, 3.05) is 0 Å². The van der Waals surface area contributed by atoms with E-state index in [0.29, 0.717) is 0 Å². The van der Waals surface area contributed by atoms with Gasteiger partial charge in [0.15, 0.2) is 0 Å². The van der Waals surface area contributed by atoms with Crippen LogP contribution in [0.4, 0.5) is 0 Å². The van der Waals surface area contributed by atoms with E-state index in [1.165, 1.54) is 93.2 Å². The van der Waals surface area contributed by atoms with Gasteiger partial charge in [-0.25, -0.2) is 0 Å². The maximum atomic E-state index is 2.49. The molecule has 1 nitrogen and oxygen atoms in total. The highest BCUT2D eigenvalue weighted by Gasteiger charge is 2.21. The molecule has 218 valence electrons. The first kappa shape index (κ1) is 26.1. The number of fused-ring (bicyclic) bond motifs is 4.